The molecule has 2 unspecified atom stereocenters. The number of hydrogen-bond donors (Lipinski definition) is 2. The topological polar surface area (TPSA) is 95.7 Å². The van der Waals surface area contributed by atoms with E-state index in [4.69, 9.17) is 5.73 Å². The molecule has 0 aliphatic carbocycles. The summed E-state index contributed by atoms with van der Waals surface area (Å²) in [6, 6.07) is 5.37. The zero-order valence-corrected chi connectivity index (χ0v) is 16.5. The van der Waals surface area contributed by atoms with Crippen molar-refractivity contribution in [3.05, 3.63) is 34.9 Å². The van der Waals surface area contributed by atoms with E-state index in [0.717, 1.165) is 37.2 Å². The van der Waals surface area contributed by atoms with Crippen molar-refractivity contribution in [3.8, 4) is 0 Å². The number of amides is 3. The molecule has 1 aromatic carbocycles. The molecule has 3 aliphatic rings. The molecule has 0 spiro atoms. The van der Waals surface area contributed by atoms with Gasteiger partial charge in [-0.3, -0.25) is 24.6 Å². The summed E-state index contributed by atoms with van der Waals surface area (Å²) in [7, 11) is 0. The Morgan fingerprint density at radius 2 is 2.07 bits per heavy atom. The number of fused-ring (bicyclic) bond motifs is 1. The van der Waals surface area contributed by atoms with Gasteiger partial charge in [-0.2, -0.15) is 0 Å². The summed E-state index contributed by atoms with van der Waals surface area (Å²) in [5.41, 5.74) is 9.16. The lowest BCUT2D eigenvalue weighted by molar-refractivity contribution is -0.136. The Hall–Kier alpha value is -2.25. The molecule has 0 radical (unpaired) electrons. The lowest BCUT2D eigenvalue weighted by Gasteiger charge is -2.29. The van der Waals surface area contributed by atoms with Gasteiger partial charge in [0.2, 0.25) is 11.8 Å². The summed E-state index contributed by atoms with van der Waals surface area (Å²) in [5.74, 6) is -0.325. The maximum Gasteiger partial charge on any atom is 0.255 e. The largest absolute Gasteiger partial charge is 0.324 e. The zero-order valence-electron chi connectivity index (χ0n) is 16.5. The molecule has 0 aromatic heterocycles. The SMILES string of the molecule is CC(C)C1(N)CCN(Cc2ccc3c(c2)CN(C2CCC(=O)NC2=O)C3=O)C1. The van der Waals surface area contributed by atoms with Gasteiger partial charge in [0, 0.05) is 43.7 Å². The van der Waals surface area contributed by atoms with E-state index in [9.17, 15) is 14.4 Å². The van der Waals surface area contributed by atoms with Gasteiger partial charge in [0.05, 0.1) is 0 Å². The van der Waals surface area contributed by atoms with Crippen molar-refractivity contribution in [2.45, 2.75) is 57.8 Å². The van der Waals surface area contributed by atoms with Crippen LogP contribution in [0.15, 0.2) is 18.2 Å². The summed E-state index contributed by atoms with van der Waals surface area (Å²) < 4.78 is 0. The van der Waals surface area contributed by atoms with Gasteiger partial charge in [0.25, 0.3) is 5.91 Å². The molecular weight excluding hydrogens is 356 g/mol. The smallest absolute Gasteiger partial charge is 0.255 e. The van der Waals surface area contributed by atoms with Crippen LogP contribution >= 0.6 is 0 Å². The third-order valence-corrected chi connectivity index (χ3v) is 6.56. The second kappa shape index (κ2) is 6.97. The van der Waals surface area contributed by atoms with Gasteiger partial charge >= 0.3 is 0 Å². The minimum Gasteiger partial charge on any atom is -0.324 e. The Morgan fingerprint density at radius 3 is 2.75 bits per heavy atom. The summed E-state index contributed by atoms with van der Waals surface area (Å²) >= 11 is 0. The highest BCUT2D eigenvalue weighted by molar-refractivity contribution is 6.05. The van der Waals surface area contributed by atoms with E-state index in [-0.39, 0.29) is 29.7 Å². The van der Waals surface area contributed by atoms with Crippen LogP contribution in [0.1, 0.15) is 54.6 Å². The van der Waals surface area contributed by atoms with Crippen LogP contribution in [0.3, 0.4) is 0 Å². The molecule has 3 aliphatic heterocycles. The van der Waals surface area contributed by atoms with E-state index in [2.05, 4.69) is 30.1 Å². The standard InChI is InChI=1S/C21H28N4O3/c1-13(2)21(22)7-8-24(12-21)10-14-3-4-16-15(9-14)11-25(20(16)28)17-5-6-18(26)23-19(17)27/h3-4,9,13,17H,5-8,10-12,22H2,1-2H3,(H,23,26,27). The molecule has 2 atom stereocenters. The molecule has 7 heteroatoms. The number of hydrogen-bond acceptors (Lipinski definition) is 5. The summed E-state index contributed by atoms with van der Waals surface area (Å²) in [6.45, 7) is 7.44. The number of nitrogens with zero attached hydrogens (tertiary/aromatic N) is 2. The lowest BCUT2D eigenvalue weighted by atomic mass is 9.87. The number of carbonyl (C=O) groups excluding carboxylic acids is 3. The molecule has 28 heavy (non-hydrogen) atoms. The second-order valence-electron chi connectivity index (χ2n) is 8.74. The Balaban J connectivity index is 1.46. The Morgan fingerprint density at radius 1 is 1.29 bits per heavy atom. The molecule has 3 amide bonds. The average molecular weight is 384 g/mol. The first-order chi connectivity index (χ1) is 13.3. The zero-order chi connectivity index (χ0) is 20.1. The molecule has 2 fully saturated rings. The lowest BCUT2D eigenvalue weighted by Crippen LogP contribution is -2.52. The van der Waals surface area contributed by atoms with Crippen molar-refractivity contribution in [1.82, 2.24) is 15.1 Å². The Kier molecular flexibility index (Phi) is 4.75. The Bertz CT molecular complexity index is 837. The first-order valence-corrected chi connectivity index (χ1v) is 10.0. The average Bonchev–Trinajstić information content (AvgIpc) is 3.16. The van der Waals surface area contributed by atoms with Gasteiger partial charge in [-0.1, -0.05) is 26.0 Å². The normalized spacial score (nSPS) is 28.2. The van der Waals surface area contributed by atoms with E-state index >= 15 is 0 Å². The fourth-order valence-corrected chi connectivity index (χ4v) is 4.53. The fourth-order valence-electron chi connectivity index (χ4n) is 4.53. The van der Waals surface area contributed by atoms with Gasteiger partial charge in [0.1, 0.15) is 6.04 Å². The van der Waals surface area contributed by atoms with Crippen LogP contribution in [0.25, 0.3) is 0 Å². The predicted molar refractivity (Wildman–Crippen MR) is 104 cm³/mol. The molecule has 2 saturated heterocycles. The molecule has 3 N–H and O–H groups in total. The third-order valence-electron chi connectivity index (χ3n) is 6.56. The first kappa shape index (κ1) is 19.1. The number of likely N-dealkylation sites (tertiary alicyclic amines) is 1. The quantitative estimate of drug-likeness (QED) is 0.756. The maximum absolute atomic E-state index is 12.8. The number of imide groups is 1. The van der Waals surface area contributed by atoms with Crippen molar-refractivity contribution in [1.29, 1.82) is 0 Å². The minimum atomic E-state index is -0.566. The summed E-state index contributed by atoms with van der Waals surface area (Å²) in [6.07, 6.45) is 1.66. The van der Waals surface area contributed by atoms with Crippen molar-refractivity contribution in [2.24, 2.45) is 11.7 Å². The molecule has 0 saturated carbocycles. The highest BCUT2D eigenvalue weighted by Gasteiger charge is 2.40. The monoisotopic (exact) mass is 384 g/mol. The van der Waals surface area contributed by atoms with Gasteiger partial charge in [-0.05, 0) is 36.0 Å². The molecular formula is C21H28N4O3. The molecule has 3 heterocycles. The van der Waals surface area contributed by atoms with Crippen LogP contribution in [0.4, 0.5) is 0 Å². The molecule has 150 valence electrons. The highest BCUT2D eigenvalue weighted by atomic mass is 16.2. The van der Waals surface area contributed by atoms with Crippen LogP contribution in [0, 0.1) is 5.92 Å². The second-order valence-corrected chi connectivity index (χ2v) is 8.74. The number of carbonyl (C=O) groups is 3. The predicted octanol–water partition coefficient (Wildman–Crippen LogP) is 1.01. The number of piperidine rings is 1. The van der Waals surface area contributed by atoms with Crippen molar-refractivity contribution in [3.63, 3.8) is 0 Å². The van der Waals surface area contributed by atoms with E-state index in [0.29, 0.717) is 24.4 Å². The van der Waals surface area contributed by atoms with Crippen LogP contribution in [-0.2, 0) is 22.7 Å². The fraction of sp³-hybridized carbons (Fsp3) is 0.571. The van der Waals surface area contributed by atoms with Crippen molar-refractivity contribution in [2.75, 3.05) is 13.1 Å². The summed E-state index contributed by atoms with van der Waals surface area (Å²) in [4.78, 5) is 40.3. The van der Waals surface area contributed by atoms with E-state index in [1.807, 2.05) is 12.1 Å². The van der Waals surface area contributed by atoms with Gasteiger partial charge in [-0.15, -0.1) is 0 Å². The van der Waals surface area contributed by atoms with Crippen LogP contribution in [0.5, 0.6) is 0 Å². The van der Waals surface area contributed by atoms with Gasteiger partial charge in [-0.25, -0.2) is 0 Å². The van der Waals surface area contributed by atoms with E-state index in [1.54, 1.807) is 4.90 Å². The van der Waals surface area contributed by atoms with E-state index in [1.165, 1.54) is 0 Å². The number of benzene rings is 1. The third kappa shape index (κ3) is 3.33. The van der Waals surface area contributed by atoms with Gasteiger partial charge in [0.15, 0.2) is 0 Å². The van der Waals surface area contributed by atoms with Gasteiger partial charge < -0.3 is 10.6 Å². The van der Waals surface area contributed by atoms with E-state index < -0.39 is 6.04 Å². The highest BCUT2D eigenvalue weighted by Crippen LogP contribution is 2.30. The van der Waals surface area contributed by atoms with Crippen molar-refractivity contribution >= 4 is 17.7 Å². The van der Waals surface area contributed by atoms with Crippen LogP contribution in [-0.4, -0.2) is 52.2 Å². The minimum absolute atomic E-state index is 0.127. The van der Waals surface area contributed by atoms with Crippen LogP contribution in [0.2, 0.25) is 0 Å². The molecule has 7 nitrogen and oxygen atoms in total. The first-order valence-electron chi connectivity index (χ1n) is 10.0. The molecule has 0 bridgehead atoms. The molecule has 1 aromatic rings. The number of nitrogens with two attached hydrogens (primary N) is 1. The summed E-state index contributed by atoms with van der Waals surface area (Å²) in [5, 5.41) is 2.34. The van der Waals surface area contributed by atoms with Crippen LogP contribution < -0.4 is 11.1 Å². The maximum atomic E-state index is 12.8. The number of nitrogens with one attached hydrogen (secondary N) is 1. The van der Waals surface area contributed by atoms with Crippen molar-refractivity contribution < 1.29 is 14.4 Å². The molecule has 4 rings (SSSR count). The Labute approximate surface area is 165 Å². The number of rotatable bonds is 4.